The molecule has 86 valence electrons. The largest absolute Gasteiger partial charge is 0.315 e. The van der Waals surface area contributed by atoms with Crippen LogP contribution in [0.25, 0.3) is 6.08 Å². The lowest BCUT2D eigenvalue weighted by molar-refractivity contribution is 0.351. The van der Waals surface area contributed by atoms with Crippen LogP contribution in [-0.2, 0) is 9.09 Å². The van der Waals surface area contributed by atoms with Crippen molar-refractivity contribution in [2.24, 2.45) is 0 Å². The summed E-state index contributed by atoms with van der Waals surface area (Å²) in [6, 6.07) is 9.82. The van der Waals surface area contributed by atoms with E-state index in [0.717, 1.165) is 5.56 Å². The lowest BCUT2D eigenvalue weighted by atomic mass is 10.2. The molecule has 0 aliphatic rings. The Labute approximate surface area is 101 Å². The molecule has 0 saturated carbocycles. The van der Waals surface area contributed by atoms with Crippen molar-refractivity contribution in [3.05, 3.63) is 53.9 Å². The monoisotopic (exact) mass is 256 g/mol. The van der Waals surface area contributed by atoms with Crippen molar-refractivity contribution < 1.29 is 9.09 Å². The van der Waals surface area contributed by atoms with Crippen molar-refractivity contribution >= 4 is 24.0 Å². The van der Waals surface area contributed by atoms with E-state index in [1.54, 1.807) is 19.1 Å². The lowest BCUT2D eigenvalue weighted by Gasteiger charge is -2.02. The highest BCUT2D eigenvalue weighted by Gasteiger charge is 2.11. The van der Waals surface area contributed by atoms with E-state index in [1.165, 1.54) is 5.82 Å². The van der Waals surface area contributed by atoms with Gasteiger partial charge in [0.25, 0.3) is 0 Å². The molecule has 16 heavy (non-hydrogen) atoms. The van der Waals surface area contributed by atoms with Gasteiger partial charge in [0.15, 0.2) is 0 Å². The molecule has 1 atom stereocenters. The number of allylic oxidation sites excluding steroid dienone is 2. The van der Waals surface area contributed by atoms with Gasteiger partial charge in [-0.25, -0.2) is 0 Å². The van der Waals surface area contributed by atoms with Crippen LogP contribution in [0, 0.1) is 0 Å². The molecule has 0 N–H and O–H groups in total. The Hall–Kier alpha value is -0.820. The first-order valence-electron chi connectivity index (χ1n) is 4.99. The zero-order chi connectivity index (χ0) is 11.9. The fourth-order valence-corrected chi connectivity index (χ4v) is 2.33. The summed E-state index contributed by atoms with van der Waals surface area (Å²) in [5, 5.41) is 0. The van der Waals surface area contributed by atoms with Crippen LogP contribution in [0.15, 0.2) is 48.3 Å². The van der Waals surface area contributed by atoms with Crippen molar-refractivity contribution in [2.45, 2.75) is 6.92 Å². The molecular weight excluding hydrogens is 243 g/mol. The summed E-state index contributed by atoms with van der Waals surface area (Å²) < 4.78 is 16.3. The van der Waals surface area contributed by atoms with Crippen LogP contribution in [0.2, 0.25) is 0 Å². The van der Waals surface area contributed by atoms with E-state index in [2.05, 4.69) is 0 Å². The van der Waals surface area contributed by atoms with Gasteiger partial charge < -0.3 is 4.52 Å². The minimum absolute atomic E-state index is 0.341. The number of rotatable bonds is 5. The Morgan fingerprint density at radius 2 is 2.00 bits per heavy atom. The van der Waals surface area contributed by atoms with Gasteiger partial charge in [0.1, 0.15) is 0 Å². The van der Waals surface area contributed by atoms with Crippen LogP contribution < -0.4 is 0 Å². The highest BCUT2D eigenvalue weighted by Crippen LogP contribution is 2.53. The summed E-state index contributed by atoms with van der Waals surface area (Å²) in [7, 11) is 0. The molecule has 0 spiro atoms. The molecule has 0 amide bonds. The molecule has 0 aromatic heterocycles. The third-order valence-electron chi connectivity index (χ3n) is 1.77. The van der Waals surface area contributed by atoms with Gasteiger partial charge in [0.05, 0.1) is 6.61 Å². The predicted molar refractivity (Wildman–Crippen MR) is 69.7 cm³/mol. The maximum absolute atomic E-state index is 11.4. The van der Waals surface area contributed by atoms with Gasteiger partial charge in [-0.2, -0.15) is 0 Å². The molecule has 0 saturated heterocycles. The van der Waals surface area contributed by atoms with Crippen LogP contribution in [0.1, 0.15) is 12.5 Å². The van der Waals surface area contributed by atoms with Crippen molar-refractivity contribution in [2.75, 3.05) is 6.61 Å². The van der Waals surface area contributed by atoms with Gasteiger partial charge in [0, 0.05) is 5.82 Å². The maximum atomic E-state index is 11.4. The van der Waals surface area contributed by atoms with E-state index in [4.69, 9.17) is 15.8 Å². The second-order valence-electron chi connectivity index (χ2n) is 3.05. The van der Waals surface area contributed by atoms with Crippen molar-refractivity contribution in [3.63, 3.8) is 0 Å². The summed E-state index contributed by atoms with van der Waals surface area (Å²) in [5.41, 5.74) is 1.08. The number of hydrogen-bond acceptors (Lipinski definition) is 2. The van der Waals surface area contributed by atoms with Crippen LogP contribution in [-0.4, -0.2) is 6.61 Å². The first-order valence-corrected chi connectivity index (χ1v) is 7.59. The Morgan fingerprint density at radius 3 is 2.62 bits per heavy atom. The van der Waals surface area contributed by atoms with Crippen LogP contribution >= 0.6 is 18.0 Å². The van der Waals surface area contributed by atoms with Crippen molar-refractivity contribution in [1.82, 2.24) is 0 Å². The molecule has 1 rings (SSSR count). The van der Waals surface area contributed by atoms with Gasteiger partial charge in [-0.15, -0.1) is 0 Å². The molecule has 2 nitrogen and oxygen atoms in total. The second kappa shape index (κ2) is 6.70. The lowest BCUT2D eigenvalue weighted by Crippen LogP contribution is -1.78. The van der Waals surface area contributed by atoms with Crippen LogP contribution in [0.4, 0.5) is 0 Å². The van der Waals surface area contributed by atoms with Gasteiger partial charge in [-0.3, -0.25) is 4.57 Å². The quantitative estimate of drug-likeness (QED) is 0.565. The summed E-state index contributed by atoms with van der Waals surface area (Å²) in [6.45, 7) is -0.980. The number of hydrogen-bond donors (Lipinski definition) is 0. The van der Waals surface area contributed by atoms with Crippen molar-refractivity contribution in [1.29, 1.82) is 0 Å². The zero-order valence-electron chi connectivity index (χ0n) is 9.04. The molecule has 0 heterocycles. The zero-order valence-corrected chi connectivity index (χ0v) is 10.7. The molecule has 4 heteroatoms. The minimum Gasteiger partial charge on any atom is -0.315 e. The Balaban J connectivity index is 2.55. The van der Waals surface area contributed by atoms with E-state index >= 15 is 0 Å². The average molecular weight is 257 g/mol. The highest BCUT2D eigenvalue weighted by atomic mass is 35.7. The summed E-state index contributed by atoms with van der Waals surface area (Å²) in [5.74, 6) is 1.39. The first-order chi connectivity index (χ1) is 7.64. The number of halogens is 1. The van der Waals surface area contributed by atoms with Gasteiger partial charge in [-0.1, -0.05) is 48.6 Å². The number of benzene rings is 1. The molecule has 1 unspecified atom stereocenters. The molecular formula is C12H14ClO2P. The molecule has 1 aromatic carbocycles. The summed E-state index contributed by atoms with van der Waals surface area (Å²) in [6.07, 6.45) is 5.32. The van der Waals surface area contributed by atoms with E-state index in [1.807, 2.05) is 36.4 Å². The Bertz CT molecular complexity index is 412. The highest BCUT2D eigenvalue weighted by molar-refractivity contribution is 7.87. The molecule has 0 bridgehead atoms. The van der Waals surface area contributed by atoms with Gasteiger partial charge in [0.2, 0.25) is 0 Å². The second-order valence-corrected chi connectivity index (χ2v) is 6.06. The topological polar surface area (TPSA) is 26.3 Å². The van der Waals surface area contributed by atoms with E-state index in [-0.39, 0.29) is 0 Å². The normalized spacial score (nSPS) is 15.6. The van der Waals surface area contributed by atoms with Gasteiger partial charge in [-0.05, 0) is 23.7 Å². The third kappa shape index (κ3) is 5.32. The van der Waals surface area contributed by atoms with Gasteiger partial charge >= 0.3 is 6.72 Å². The average Bonchev–Trinajstić information content (AvgIpc) is 2.26. The SMILES string of the molecule is CCOP(=O)(Cl)/C=C/C=C/c1ccccc1. The smallest absolute Gasteiger partial charge is 0.312 e. The minimum atomic E-state index is -3.07. The van der Waals surface area contributed by atoms with E-state index < -0.39 is 6.72 Å². The molecule has 1 aromatic rings. The Kier molecular flexibility index (Phi) is 5.54. The molecule has 0 fully saturated rings. The summed E-state index contributed by atoms with van der Waals surface area (Å²) in [4.78, 5) is 0. The van der Waals surface area contributed by atoms with Crippen molar-refractivity contribution in [3.8, 4) is 0 Å². The molecule has 0 aliphatic carbocycles. The van der Waals surface area contributed by atoms with Crippen LogP contribution in [0.3, 0.4) is 0 Å². The summed E-state index contributed by atoms with van der Waals surface area (Å²) >= 11 is 5.63. The van der Waals surface area contributed by atoms with E-state index in [0.29, 0.717) is 6.61 Å². The maximum Gasteiger partial charge on any atom is 0.312 e. The third-order valence-corrected chi connectivity index (χ3v) is 3.54. The van der Waals surface area contributed by atoms with E-state index in [9.17, 15) is 4.57 Å². The van der Waals surface area contributed by atoms with Crippen LogP contribution in [0.5, 0.6) is 0 Å². The fourth-order valence-electron chi connectivity index (χ4n) is 1.10. The Morgan fingerprint density at radius 1 is 1.31 bits per heavy atom. The first kappa shape index (κ1) is 13.2. The molecule has 0 radical (unpaired) electrons. The fraction of sp³-hybridized carbons (Fsp3) is 0.167. The molecule has 0 aliphatic heterocycles. The standard InChI is InChI=1S/C12H14ClO2P/c1-2-15-16(13,14)11-7-6-10-12-8-4-3-5-9-12/h3-11H,2H2,1H3/b10-6+,11-7+. The predicted octanol–water partition coefficient (Wildman–Crippen LogP) is 4.68.